The molecule has 33 heavy (non-hydrogen) atoms. The lowest BCUT2D eigenvalue weighted by molar-refractivity contribution is -0.135. The first-order valence-electron chi connectivity index (χ1n) is 12.2. The highest BCUT2D eigenvalue weighted by Crippen LogP contribution is 2.21. The molecule has 2 amide bonds. The molecular weight excluding hydrogens is 417 g/mol. The van der Waals surface area contributed by atoms with Crippen LogP contribution in [0.25, 0.3) is 0 Å². The molecule has 4 rings (SSSR count). The van der Waals surface area contributed by atoms with Crippen molar-refractivity contribution in [1.29, 1.82) is 0 Å². The van der Waals surface area contributed by atoms with Crippen molar-refractivity contribution in [3.63, 3.8) is 0 Å². The van der Waals surface area contributed by atoms with Gasteiger partial charge >= 0.3 is 0 Å². The van der Waals surface area contributed by atoms with E-state index in [1.807, 2.05) is 6.07 Å². The van der Waals surface area contributed by atoms with Crippen molar-refractivity contribution >= 4 is 11.8 Å². The van der Waals surface area contributed by atoms with Crippen molar-refractivity contribution in [3.05, 3.63) is 71.5 Å². The highest BCUT2D eigenvalue weighted by atomic mass is 19.1. The minimum atomic E-state index is -0.304. The Hall–Kier alpha value is -2.73. The third kappa shape index (κ3) is 6.64. The van der Waals surface area contributed by atoms with Gasteiger partial charge in [0.05, 0.1) is 12.3 Å². The van der Waals surface area contributed by atoms with Crippen molar-refractivity contribution in [1.82, 2.24) is 15.1 Å². The predicted octanol–water partition coefficient (Wildman–Crippen LogP) is 3.78. The third-order valence-corrected chi connectivity index (χ3v) is 6.90. The molecule has 0 unspecified atom stereocenters. The molecule has 0 saturated carbocycles. The Morgan fingerprint density at radius 1 is 0.909 bits per heavy atom. The van der Waals surface area contributed by atoms with E-state index >= 15 is 0 Å². The van der Waals surface area contributed by atoms with Gasteiger partial charge in [-0.15, -0.1) is 0 Å². The van der Waals surface area contributed by atoms with Crippen LogP contribution in [0.4, 0.5) is 4.39 Å². The standard InChI is InChI=1S/C27H34FN3O2/c28-24-13-11-21(12-14-24)17-26(32)31-16-6-9-23(20-31)27(33)29-18-25-10-4-5-15-30(25)19-22-7-2-1-3-8-22/h1-3,7-8,11-14,23,25H,4-6,9-10,15-20H2,(H,29,33)/t23-,25+/m1/s1. The van der Waals surface area contributed by atoms with E-state index in [0.717, 1.165) is 37.9 Å². The van der Waals surface area contributed by atoms with Crippen molar-refractivity contribution in [3.8, 4) is 0 Å². The second-order valence-electron chi connectivity index (χ2n) is 9.33. The first kappa shape index (κ1) is 23.4. The first-order valence-corrected chi connectivity index (χ1v) is 12.2. The van der Waals surface area contributed by atoms with Crippen LogP contribution in [0.15, 0.2) is 54.6 Å². The minimum Gasteiger partial charge on any atom is -0.354 e. The van der Waals surface area contributed by atoms with Gasteiger partial charge in [-0.3, -0.25) is 14.5 Å². The van der Waals surface area contributed by atoms with Crippen LogP contribution in [0.2, 0.25) is 0 Å². The zero-order chi connectivity index (χ0) is 23.0. The summed E-state index contributed by atoms with van der Waals surface area (Å²) in [6.07, 6.45) is 5.37. The Labute approximate surface area is 196 Å². The summed E-state index contributed by atoms with van der Waals surface area (Å²) in [5.41, 5.74) is 2.10. The van der Waals surface area contributed by atoms with Gasteiger partial charge in [0.15, 0.2) is 0 Å². The van der Waals surface area contributed by atoms with Crippen LogP contribution in [0, 0.1) is 11.7 Å². The number of likely N-dealkylation sites (tertiary alicyclic amines) is 2. The summed E-state index contributed by atoms with van der Waals surface area (Å²) in [6, 6.07) is 16.9. The smallest absolute Gasteiger partial charge is 0.227 e. The second kappa shape index (κ2) is 11.4. The summed E-state index contributed by atoms with van der Waals surface area (Å²) in [7, 11) is 0. The molecule has 2 fully saturated rings. The number of nitrogens with one attached hydrogen (secondary N) is 1. The molecule has 0 aliphatic carbocycles. The molecule has 0 aromatic heterocycles. The Balaban J connectivity index is 1.27. The Morgan fingerprint density at radius 2 is 1.70 bits per heavy atom. The fourth-order valence-corrected chi connectivity index (χ4v) is 4.99. The van der Waals surface area contributed by atoms with E-state index in [2.05, 4.69) is 34.5 Å². The number of hydrogen-bond acceptors (Lipinski definition) is 3. The Bertz CT molecular complexity index is 919. The number of benzene rings is 2. The summed E-state index contributed by atoms with van der Waals surface area (Å²) in [5.74, 6) is -0.414. The lowest BCUT2D eigenvalue weighted by Crippen LogP contribution is -2.50. The van der Waals surface area contributed by atoms with Gasteiger partial charge in [0, 0.05) is 32.2 Å². The van der Waals surface area contributed by atoms with Crippen molar-refractivity contribution < 1.29 is 14.0 Å². The molecule has 2 saturated heterocycles. The van der Waals surface area contributed by atoms with Gasteiger partial charge in [-0.1, -0.05) is 48.9 Å². The predicted molar refractivity (Wildman–Crippen MR) is 127 cm³/mol. The number of nitrogens with zero attached hydrogens (tertiary/aromatic N) is 2. The number of halogens is 1. The molecule has 176 valence electrons. The van der Waals surface area contributed by atoms with Gasteiger partial charge in [0.2, 0.25) is 11.8 Å². The maximum atomic E-state index is 13.1. The molecule has 2 aromatic rings. The normalized spacial score (nSPS) is 21.5. The molecule has 0 bridgehead atoms. The van der Waals surface area contributed by atoms with Crippen LogP contribution >= 0.6 is 0 Å². The summed E-state index contributed by atoms with van der Waals surface area (Å²) in [4.78, 5) is 30.0. The summed E-state index contributed by atoms with van der Waals surface area (Å²) in [5, 5.41) is 3.19. The SMILES string of the molecule is O=C(NC[C@@H]1CCCCN1Cc1ccccc1)[C@@H]1CCCN(C(=O)Cc2ccc(F)cc2)C1. The molecule has 5 nitrogen and oxygen atoms in total. The highest BCUT2D eigenvalue weighted by Gasteiger charge is 2.29. The zero-order valence-electron chi connectivity index (χ0n) is 19.2. The zero-order valence-corrected chi connectivity index (χ0v) is 19.2. The monoisotopic (exact) mass is 451 g/mol. The fourth-order valence-electron chi connectivity index (χ4n) is 4.99. The van der Waals surface area contributed by atoms with Gasteiger partial charge < -0.3 is 10.2 Å². The molecule has 0 radical (unpaired) electrons. The van der Waals surface area contributed by atoms with Crippen molar-refractivity contribution in [2.45, 2.75) is 51.1 Å². The van der Waals surface area contributed by atoms with Crippen molar-refractivity contribution in [2.75, 3.05) is 26.2 Å². The van der Waals surface area contributed by atoms with E-state index in [9.17, 15) is 14.0 Å². The highest BCUT2D eigenvalue weighted by molar-refractivity contribution is 5.82. The number of rotatable bonds is 7. The van der Waals surface area contributed by atoms with Gasteiger partial charge in [0.25, 0.3) is 0 Å². The molecule has 1 N–H and O–H groups in total. The quantitative estimate of drug-likeness (QED) is 0.697. The number of amides is 2. The Kier molecular flexibility index (Phi) is 8.10. The molecule has 2 aliphatic rings. The van der Waals surface area contributed by atoms with Gasteiger partial charge in [0.1, 0.15) is 5.82 Å². The number of piperidine rings is 2. The maximum absolute atomic E-state index is 13.1. The lowest BCUT2D eigenvalue weighted by Gasteiger charge is -2.37. The first-order chi connectivity index (χ1) is 16.1. The molecule has 2 aliphatic heterocycles. The number of carbonyl (C=O) groups excluding carboxylic acids is 2. The van der Waals surface area contributed by atoms with E-state index in [1.165, 1.54) is 30.5 Å². The van der Waals surface area contributed by atoms with E-state index in [-0.39, 0.29) is 30.0 Å². The van der Waals surface area contributed by atoms with Crippen LogP contribution < -0.4 is 5.32 Å². The van der Waals surface area contributed by atoms with Gasteiger partial charge in [-0.25, -0.2) is 4.39 Å². The van der Waals surface area contributed by atoms with Crippen LogP contribution in [-0.2, 0) is 22.6 Å². The van der Waals surface area contributed by atoms with E-state index in [1.54, 1.807) is 17.0 Å². The van der Waals surface area contributed by atoms with E-state index in [0.29, 0.717) is 25.7 Å². The Morgan fingerprint density at radius 3 is 2.48 bits per heavy atom. The number of hydrogen-bond donors (Lipinski definition) is 1. The van der Waals surface area contributed by atoms with E-state index in [4.69, 9.17) is 0 Å². The third-order valence-electron chi connectivity index (χ3n) is 6.90. The molecule has 2 aromatic carbocycles. The van der Waals surface area contributed by atoms with Crippen LogP contribution in [0.1, 0.15) is 43.2 Å². The minimum absolute atomic E-state index is 0.000393. The average molecular weight is 452 g/mol. The molecule has 2 heterocycles. The van der Waals surface area contributed by atoms with Crippen LogP contribution in [-0.4, -0.2) is 53.8 Å². The maximum Gasteiger partial charge on any atom is 0.227 e. The lowest BCUT2D eigenvalue weighted by atomic mass is 9.95. The summed E-state index contributed by atoms with van der Waals surface area (Å²) in [6.45, 7) is 3.77. The summed E-state index contributed by atoms with van der Waals surface area (Å²) < 4.78 is 13.1. The van der Waals surface area contributed by atoms with Crippen molar-refractivity contribution in [2.24, 2.45) is 5.92 Å². The second-order valence-corrected chi connectivity index (χ2v) is 9.33. The topological polar surface area (TPSA) is 52.7 Å². The molecule has 0 spiro atoms. The number of carbonyl (C=O) groups is 2. The average Bonchev–Trinajstić information content (AvgIpc) is 2.85. The molecule has 6 heteroatoms. The molecule has 2 atom stereocenters. The largest absolute Gasteiger partial charge is 0.354 e. The van der Waals surface area contributed by atoms with E-state index < -0.39 is 0 Å². The molecular formula is C27H34FN3O2. The fraction of sp³-hybridized carbons (Fsp3) is 0.481. The van der Waals surface area contributed by atoms with Gasteiger partial charge in [-0.2, -0.15) is 0 Å². The van der Waals surface area contributed by atoms with Crippen LogP contribution in [0.5, 0.6) is 0 Å². The van der Waals surface area contributed by atoms with Gasteiger partial charge in [-0.05, 0) is 55.5 Å². The summed E-state index contributed by atoms with van der Waals surface area (Å²) >= 11 is 0. The van der Waals surface area contributed by atoms with Crippen LogP contribution in [0.3, 0.4) is 0 Å².